The van der Waals surface area contributed by atoms with E-state index in [9.17, 15) is 9.18 Å². The Hall–Kier alpha value is -1.58. The molecule has 1 saturated heterocycles. The third-order valence-corrected chi connectivity index (χ3v) is 2.89. The van der Waals surface area contributed by atoms with E-state index < -0.39 is 6.10 Å². The Morgan fingerprint density at radius 1 is 1.41 bits per heavy atom. The molecule has 1 amide bonds. The molecule has 0 spiro atoms. The van der Waals surface area contributed by atoms with Gasteiger partial charge in [-0.3, -0.25) is 4.79 Å². The van der Waals surface area contributed by atoms with Gasteiger partial charge >= 0.3 is 0 Å². The van der Waals surface area contributed by atoms with Gasteiger partial charge in [-0.15, -0.1) is 0 Å². The second-order valence-corrected chi connectivity index (χ2v) is 4.30. The number of benzene rings is 1. The first kappa shape index (κ1) is 11.9. The van der Waals surface area contributed by atoms with Crippen molar-refractivity contribution in [2.45, 2.75) is 32.3 Å². The lowest BCUT2D eigenvalue weighted by molar-refractivity contribution is -0.127. The molecule has 0 saturated carbocycles. The summed E-state index contributed by atoms with van der Waals surface area (Å²) in [5.74, 6) is 0.208. The molecule has 0 aromatic heterocycles. The van der Waals surface area contributed by atoms with Gasteiger partial charge in [0.05, 0.1) is 0 Å². The normalized spacial score (nSPS) is 20.6. The van der Waals surface area contributed by atoms with Crippen LogP contribution in [0.15, 0.2) is 18.2 Å². The summed E-state index contributed by atoms with van der Waals surface area (Å²) in [6.07, 6.45) is 2.20. The first-order valence-corrected chi connectivity index (χ1v) is 5.87. The van der Waals surface area contributed by atoms with Gasteiger partial charge in [0.2, 0.25) is 0 Å². The van der Waals surface area contributed by atoms with Gasteiger partial charge in [0.1, 0.15) is 11.6 Å². The molecule has 4 heteroatoms. The van der Waals surface area contributed by atoms with Crippen LogP contribution in [0, 0.1) is 12.7 Å². The minimum atomic E-state index is -0.457. The summed E-state index contributed by atoms with van der Waals surface area (Å²) < 4.78 is 18.6. The van der Waals surface area contributed by atoms with Crippen LogP contribution in [-0.2, 0) is 4.79 Å². The molecule has 92 valence electrons. The average molecular weight is 237 g/mol. The number of nitrogens with one attached hydrogen (secondary N) is 1. The fourth-order valence-corrected chi connectivity index (χ4v) is 1.92. The van der Waals surface area contributed by atoms with Crippen LogP contribution in [0.3, 0.4) is 0 Å². The van der Waals surface area contributed by atoms with Crippen molar-refractivity contribution in [3.8, 4) is 5.75 Å². The smallest absolute Gasteiger partial charge is 0.261 e. The molecule has 1 aliphatic heterocycles. The van der Waals surface area contributed by atoms with Crippen LogP contribution in [0.25, 0.3) is 0 Å². The van der Waals surface area contributed by atoms with E-state index in [-0.39, 0.29) is 11.7 Å². The highest BCUT2D eigenvalue weighted by atomic mass is 19.1. The molecule has 3 nitrogen and oxygen atoms in total. The Labute approximate surface area is 100.0 Å². The van der Waals surface area contributed by atoms with Crippen molar-refractivity contribution in [1.29, 1.82) is 0 Å². The third-order valence-electron chi connectivity index (χ3n) is 2.89. The van der Waals surface area contributed by atoms with E-state index in [1.165, 1.54) is 12.1 Å². The molecule has 1 heterocycles. The lowest BCUT2D eigenvalue weighted by Crippen LogP contribution is -2.36. The first-order valence-electron chi connectivity index (χ1n) is 5.87. The fourth-order valence-electron chi connectivity index (χ4n) is 1.92. The minimum absolute atomic E-state index is 0.0776. The van der Waals surface area contributed by atoms with Crippen LogP contribution in [0.4, 0.5) is 4.39 Å². The number of aryl methyl sites for hydroxylation is 1. The molecule has 1 aromatic rings. The summed E-state index contributed by atoms with van der Waals surface area (Å²) in [6, 6.07) is 4.32. The largest absolute Gasteiger partial charge is 0.480 e. The summed E-state index contributed by atoms with van der Waals surface area (Å²) in [5, 5.41) is 2.81. The molecule has 1 unspecified atom stereocenters. The van der Waals surface area contributed by atoms with Crippen LogP contribution in [0.1, 0.15) is 24.8 Å². The number of hydrogen-bond acceptors (Lipinski definition) is 2. The summed E-state index contributed by atoms with van der Waals surface area (Å²) in [4.78, 5) is 11.7. The second kappa shape index (κ2) is 5.17. The SMILES string of the molecule is Cc1cc(F)ccc1OC1CCCCNC1=O. The molecule has 1 fully saturated rings. The van der Waals surface area contributed by atoms with Crippen molar-refractivity contribution in [1.82, 2.24) is 5.32 Å². The number of ether oxygens (including phenoxy) is 1. The number of amides is 1. The zero-order valence-electron chi connectivity index (χ0n) is 9.83. The Morgan fingerprint density at radius 2 is 2.24 bits per heavy atom. The van der Waals surface area contributed by atoms with Crippen molar-refractivity contribution < 1.29 is 13.9 Å². The van der Waals surface area contributed by atoms with Crippen molar-refractivity contribution in [2.75, 3.05) is 6.54 Å². The van der Waals surface area contributed by atoms with Gasteiger partial charge in [-0.05, 0) is 49.9 Å². The molecular weight excluding hydrogens is 221 g/mol. The molecule has 0 radical (unpaired) electrons. The van der Waals surface area contributed by atoms with E-state index in [4.69, 9.17) is 4.74 Å². The molecule has 17 heavy (non-hydrogen) atoms. The van der Waals surface area contributed by atoms with Crippen molar-refractivity contribution in [2.24, 2.45) is 0 Å². The lowest BCUT2D eigenvalue weighted by atomic mass is 10.1. The van der Waals surface area contributed by atoms with Crippen LogP contribution < -0.4 is 10.1 Å². The van der Waals surface area contributed by atoms with Gasteiger partial charge in [-0.25, -0.2) is 4.39 Å². The molecule has 1 N–H and O–H groups in total. The maximum atomic E-state index is 12.9. The van der Waals surface area contributed by atoms with E-state index in [0.29, 0.717) is 24.3 Å². The Kier molecular flexibility index (Phi) is 3.61. The standard InChI is InChI=1S/C13H16FNO2/c1-9-8-10(14)5-6-11(9)17-12-4-2-3-7-15-13(12)16/h5-6,8,12H,2-4,7H2,1H3,(H,15,16). The quantitative estimate of drug-likeness (QED) is 0.856. The molecule has 1 aromatic carbocycles. The Balaban J connectivity index is 2.10. The van der Waals surface area contributed by atoms with Crippen LogP contribution in [-0.4, -0.2) is 18.6 Å². The zero-order valence-corrected chi connectivity index (χ0v) is 9.83. The fraction of sp³-hybridized carbons (Fsp3) is 0.462. The Bertz CT molecular complexity index is 420. The van der Waals surface area contributed by atoms with Gasteiger partial charge in [0.25, 0.3) is 5.91 Å². The van der Waals surface area contributed by atoms with E-state index in [1.54, 1.807) is 13.0 Å². The first-order chi connectivity index (χ1) is 8.16. The van der Waals surface area contributed by atoms with Gasteiger partial charge in [0.15, 0.2) is 6.10 Å². The van der Waals surface area contributed by atoms with Crippen molar-refractivity contribution >= 4 is 5.91 Å². The number of rotatable bonds is 2. The van der Waals surface area contributed by atoms with E-state index in [0.717, 1.165) is 12.8 Å². The highest BCUT2D eigenvalue weighted by Crippen LogP contribution is 2.21. The maximum Gasteiger partial charge on any atom is 0.261 e. The zero-order chi connectivity index (χ0) is 12.3. The molecule has 0 bridgehead atoms. The van der Waals surface area contributed by atoms with Gasteiger partial charge in [0, 0.05) is 6.54 Å². The third kappa shape index (κ3) is 2.96. The summed E-state index contributed by atoms with van der Waals surface area (Å²) >= 11 is 0. The maximum absolute atomic E-state index is 12.9. The van der Waals surface area contributed by atoms with Gasteiger partial charge in [-0.1, -0.05) is 0 Å². The van der Waals surface area contributed by atoms with Crippen molar-refractivity contribution in [3.63, 3.8) is 0 Å². The molecular formula is C13H16FNO2. The van der Waals surface area contributed by atoms with Gasteiger partial charge < -0.3 is 10.1 Å². The summed E-state index contributed by atoms with van der Waals surface area (Å²) in [6.45, 7) is 2.48. The average Bonchev–Trinajstić information content (AvgIpc) is 2.48. The predicted octanol–water partition coefficient (Wildman–Crippen LogP) is 2.18. The highest BCUT2D eigenvalue weighted by molar-refractivity contribution is 5.81. The number of carbonyl (C=O) groups is 1. The minimum Gasteiger partial charge on any atom is -0.480 e. The number of carbonyl (C=O) groups excluding carboxylic acids is 1. The predicted molar refractivity (Wildman–Crippen MR) is 62.4 cm³/mol. The summed E-state index contributed by atoms with van der Waals surface area (Å²) in [7, 11) is 0. The van der Waals surface area contributed by atoms with Crippen LogP contribution >= 0.6 is 0 Å². The summed E-state index contributed by atoms with van der Waals surface area (Å²) in [5.41, 5.74) is 0.710. The van der Waals surface area contributed by atoms with Crippen LogP contribution in [0.5, 0.6) is 5.75 Å². The Morgan fingerprint density at radius 3 is 3.00 bits per heavy atom. The monoisotopic (exact) mass is 237 g/mol. The molecule has 0 aliphatic carbocycles. The van der Waals surface area contributed by atoms with E-state index >= 15 is 0 Å². The van der Waals surface area contributed by atoms with E-state index in [1.807, 2.05) is 0 Å². The second-order valence-electron chi connectivity index (χ2n) is 4.30. The van der Waals surface area contributed by atoms with Gasteiger partial charge in [-0.2, -0.15) is 0 Å². The highest BCUT2D eigenvalue weighted by Gasteiger charge is 2.22. The molecule has 1 aliphatic rings. The van der Waals surface area contributed by atoms with Crippen molar-refractivity contribution in [3.05, 3.63) is 29.6 Å². The number of hydrogen-bond donors (Lipinski definition) is 1. The molecule has 1 atom stereocenters. The molecule has 2 rings (SSSR count). The van der Waals surface area contributed by atoms with Crippen LogP contribution in [0.2, 0.25) is 0 Å². The topological polar surface area (TPSA) is 38.3 Å². The lowest BCUT2D eigenvalue weighted by Gasteiger charge is -2.17. The number of halogens is 1. The van der Waals surface area contributed by atoms with E-state index in [2.05, 4.69) is 5.32 Å².